The van der Waals surface area contributed by atoms with Crippen molar-refractivity contribution in [2.45, 2.75) is 63.7 Å². The van der Waals surface area contributed by atoms with Gasteiger partial charge < -0.3 is 0 Å². The number of hydrogen-bond donors (Lipinski definition) is 1. The van der Waals surface area contributed by atoms with Gasteiger partial charge in [0.05, 0.1) is 15.5 Å². The number of nitrogens with zero attached hydrogens (tertiary/aromatic N) is 1. The van der Waals surface area contributed by atoms with Gasteiger partial charge in [0.25, 0.3) is 10.0 Å². The molecular weight excluding hydrogens is 420 g/mol. The first-order valence-electron chi connectivity index (χ1n) is 10.2. The summed E-state index contributed by atoms with van der Waals surface area (Å²) in [5.74, 6) is 0. The van der Waals surface area contributed by atoms with E-state index in [1.165, 1.54) is 10.4 Å². The standard InChI is InChI=1S/C22H30N2O4S2/c1-15-9-10-20(14-21(15)30(27,28)24-11-7-6-8-12-24)23-29(25,26)22-18(4)16(2)13-17(3)19(22)5/h9-10,13-14,23H,6-8,11-12H2,1-5H3. The highest BCUT2D eigenvalue weighted by molar-refractivity contribution is 7.92. The third-order valence-electron chi connectivity index (χ3n) is 5.94. The molecule has 3 rings (SSSR count). The van der Waals surface area contributed by atoms with Gasteiger partial charge in [-0.25, -0.2) is 16.8 Å². The van der Waals surface area contributed by atoms with E-state index in [0.717, 1.165) is 30.4 Å². The molecule has 0 bridgehead atoms. The van der Waals surface area contributed by atoms with E-state index < -0.39 is 20.0 Å². The van der Waals surface area contributed by atoms with Gasteiger partial charge in [0.15, 0.2) is 0 Å². The van der Waals surface area contributed by atoms with Crippen LogP contribution in [0.4, 0.5) is 5.69 Å². The van der Waals surface area contributed by atoms with E-state index in [1.807, 2.05) is 19.9 Å². The summed E-state index contributed by atoms with van der Waals surface area (Å²) in [6.07, 6.45) is 2.71. The molecule has 0 aliphatic carbocycles. The van der Waals surface area contributed by atoms with Crippen molar-refractivity contribution in [3.63, 3.8) is 0 Å². The van der Waals surface area contributed by atoms with E-state index in [0.29, 0.717) is 29.8 Å². The third kappa shape index (κ3) is 4.26. The molecule has 0 radical (unpaired) electrons. The lowest BCUT2D eigenvalue weighted by atomic mass is 10.0. The van der Waals surface area contributed by atoms with Crippen LogP contribution in [0.3, 0.4) is 0 Å². The Hall–Kier alpha value is -1.90. The highest BCUT2D eigenvalue weighted by atomic mass is 32.2. The molecule has 1 heterocycles. The Kier molecular flexibility index (Phi) is 6.32. The number of hydrogen-bond acceptors (Lipinski definition) is 4. The molecule has 2 aromatic rings. The zero-order chi connectivity index (χ0) is 22.3. The van der Waals surface area contributed by atoms with E-state index in [2.05, 4.69) is 4.72 Å². The molecule has 1 aliphatic heterocycles. The van der Waals surface area contributed by atoms with Gasteiger partial charge in [-0.3, -0.25) is 4.72 Å². The molecule has 0 atom stereocenters. The predicted molar refractivity (Wildman–Crippen MR) is 120 cm³/mol. The fraction of sp³-hybridized carbons (Fsp3) is 0.455. The Morgan fingerprint density at radius 3 is 1.90 bits per heavy atom. The molecule has 0 amide bonds. The van der Waals surface area contributed by atoms with Gasteiger partial charge in [-0.15, -0.1) is 0 Å². The van der Waals surface area contributed by atoms with Crippen molar-refractivity contribution in [1.29, 1.82) is 0 Å². The van der Waals surface area contributed by atoms with E-state index >= 15 is 0 Å². The van der Waals surface area contributed by atoms with E-state index in [4.69, 9.17) is 0 Å². The highest BCUT2D eigenvalue weighted by Crippen LogP contribution is 2.30. The molecule has 1 fully saturated rings. The second-order valence-electron chi connectivity index (χ2n) is 8.14. The molecular formula is C22H30N2O4S2. The fourth-order valence-electron chi connectivity index (χ4n) is 3.98. The Morgan fingerprint density at radius 2 is 1.33 bits per heavy atom. The van der Waals surface area contributed by atoms with Crippen molar-refractivity contribution in [2.75, 3.05) is 17.8 Å². The van der Waals surface area contributed by atoms with Gasteiger partial charge in [0.1, 0.15) is 0 Å². The van der Waals surface area contributed by atoms with Crippen LogP contribution >= 0.6 is 0 Å². The highest BCUT2D eigenvalue weighted by Gasteiger charge is 2.28. The summed E-state index contributed by atoms with van der Waals surface area (Å²) < 4.78 is 56.8. The first-order chi connectivity index (χ1) is 13.9. The molecule has 0 unspecified atom stereocenters. The summed E-state index contributed by atoms with van der Waals surface area (Å²) in [6.45, 7) is 10.1. The molecule has 1 aliphatic rings. The normalized spacial score (nSPS) is 15.9. The van der Waals surface area contributed by atoms with Gasteiger partial charge in [-0.2, -0.15) is 4.31 Å². The van der Waals surface area contributed by atoms with Crippen LogP contribution < -0.4 is 4.72 Å². The SMILES string of the molecule is Cc1ccc(NS(=O)(=O)c2c(C)c(C)cc(C)c2C)cc1S(=O)(=O)N1CCCCC1. The second-order valence-corrected chi connectivity index (χ2v) is 11.7. The van der Waals surface area contributed by atoms with Gasteiger partial charge in [-0.05, 0) is 87.4 Å². The minimum absolute atomic E-state index is 0.151. The number of piperidine rings is 1. The zero-order valence-electron chi connectivity index (χ0n) is 18.2. The van der Waals surface area contributed by atoms with E-state index in [-0.39, 0.29) is 15.5 Å². The largest absolute Gasteiger partial charge is 0.280 e. The van der Waals surface area contributed by atoms with Crippen molar-refractivity contribution in [3.05, 3.63) is 52.1 Å². The summed E-state index contributed by atoms with van der Waals surface area (Å²) in [7, 11) is -7.54. The molecule has 2 aromatic carbocycles. The van der Waals surface area contributed by atoms with Crippen LogP contribution in [0.5, 0.6) is 0 Å². The Bertz CT molecular complexity index is 1150. The summed E-state index contributed by atoms with van der Waals surface area (Å²) >= 11 is 0. The van der Waals surface area contributed by atoms with Gasteiger partial charge in [-0.1, -0.05) is 18.6 Å². The molecule has 0 saturated carbocycles. The molecule has 1 N–H and O–H groups in total. The molecule has 6 nitrogen and oxygen atoms in total. The zero-order valence-corrected chi connectivity index (χ0v) is 19.9. The average Bonchev–Trinajstić information content (AvgIpc) is 2.68. The van der Waals surface area contributed by atoms with Crippen LogP contribution in [-0.2, 0) is 20.0 Å². The molecule has 0 spiro atoms. The molecule has 30 heavy (non-hydrogen) atoms. The second kappa shape index (κ2) is 8.32. The maximum atomic E-state index is 13.2. The first-order valence-corrected chi connectivity index (χ1v) is 13.1. The molecule has 0 aromatic heterocycles. The number of sulfonamides is 2. The van der Waals surface area contributed by atoms with Crippen LogP contribution in [0.25, 0.3) is 0 Å². The number of rotatable bonds is 5. The van der Waals surface area contributed by atoms with Crippen LogP contribution in [0, 0.1) is 34.6 Å². The van der Waals surface area contributed by atoms with Crippen molar-refractivity contribution in [3.8, 4) is 0 Å². The maximum Gasteiger partial charge on any atom is 0.262 e. The van der Waals surface area contributed by atoms with Gasteiger partial charge in [0, 0.05) is 13.1 Å². The Balaban J connectivity index is 2.02. The molecule has 8 heteroatoms. The summed E-state index contributed by atoms with van der Waals surface area (Å²) in [4.78, 5) is 0.402. The van der Waals surface area contributed by atoms with Crippen LogP contribution in [-0.4, -0.2) is 34.2 Å². The Morgan fingerprint density at radius 1 is 0.767 bits per heavy atom. The first kappa shape index (κ1) is 22.8. The maximum absolute atomic E-state index is 13.2. The number of anilines is 1. The third-order valence-corrected chi connectivity index (χ3v) is 9.63. The number of nitrogens with one attached hydrogen (secondary N) is 1. The smallest absolute Gasteiger partial charge is 0.262 e. The van der Waals surface area contributed by atoms with Crippen LogP contribution in [0.15, 0.2) is 34.1 Å². The minimum Gasteiger partial charge on any atom is -0.280 e. The predicted octanol–water partition coefficient (Wildman–Crippen LogP) is 4.20. The quantitative estimate of drug-likeness (QED) is 0.740. The number of aryl methyl sites for hydroxylation is 3. The summed E-state index contributed by atoms with van der Waals surface area (Å²) in [6, 6.07) is 6.66. The lowest BCUT2D eigenvalue weighted by Crippen LogP contribution is -2.36. The summed E-state index contributed by atoms with van der Waals surface area (Å²) in [5, 5.41) is 0. The average molecular weight is 451 g/mol. The van der Waals surface area contributed by atoms with Crippen molar-refractivity contribution >= 4 is 25.7 Å². The minimum atomic E-state index is -3.88. The van der Waals surface area contributed by atoms with Crippen LogP contribution in [0.2, 0.25) is 0 Å². The van der Waals surface area contributed by atoms with Gasteiger partial charge in [0.2, 0.25) is 10.0 Å². The monoisotopic (exact) mass is 450 g/mol. The van der Waals surface area contributed by atoms with Crippen LogP contribution in [0.1, 0.15) is 47.1 Å². The summed E-state index contributed by atoms with van der Waals surface area (Å²) in [5.41, 5.74) is 4.03. The Labute approximate surface area is 180 Å². The van der Waals surface area contributed by atoms with E-state index in [9.17, 15) is 16.8 Å². The molecule has 164 valence electrons. The van der Waals surface area contributed by atoms with Crippen molar-refractivity contribution in [2.24, 2.45) is 0 Å². The van der Waals surface area contributed by atoms with Crippen molar-refractivity contribution in [1.82, 2.24) is 4.31 Å². The lowest BCUT2D eigenvalue weighted by Gasteiger charge is -2.26. The van der Waals surface area contributed by atoms with E-state index in [1.54, 1.807) is 32.9 Å². The lowest BCUT2D eigenvalue weighted by molar-refractivity contribution is 0.346. The topological polar surface area (TPSA) is 83.5 Å². The van der Waals surface area contributed by atoms with Crippen molar-refractivity contribution < 1.29 is 16.8 Å². The molecule has 1 saturated heterocycles. The van der Waals surface area contributed by atoms with Gasteiger partial charge >= 0.3 is 0 Å². The number of benzene rings is 2. The fourth-order valence-corrected chi connectivity index (χ4v) is 7.41.